The first kappa shape index (κ1) is 76.1. The van der Waals surface area contributed by atoms with Crippen molar-refractivity contribution in [3.8, 4) is 0 Å². The second kappa shape index (κ2) is 65.9. The van der Waals surface area contributed by atoms with Crippen LogP contribution in [0.3, 0.4) is 0 Å². The predicted octanol–water partition coefficient (Wildman–Crippen LogP) is 20.0. The van der Waals surface area contributed by atoms with Crippen LogP contribution in [0.25, 0.3) is 0 Å². The summed E-state index contributed by atoms with van der Waals surface area (Å²) >= 11 is 0. The Bertz CT molecular complexity index is 1260. The van der Waals surface area contributed by atoms with Crippen molar-refractivity contribution in [1.82, 2.24) is 9.80 Å². The number of carboxylic acids is 1. The van der Waals surface area contributed by atoms with E-state index in [9.17, 15) is 19.5 Å². The molecule has 0 heterocycles. The van der Waals surface area contributed by atoms with Gasteiger partial charge in [0, 0.05) is 32.4 Å². The number of aliphatic carboxylic acids is 1. The van der Waals surface area contributed by atoms with Gasteiger partial charge in [-0.15, -0.1) is 0 Å². The van der Waals surface area contributed by atoms with Gasteiger partial charge in [0.25, 0.3) is 0 Å². The lowest BCUT2D eigenvalue weighted by molar-refractivity contribution is -0.144. The number of unbranched alkanes of at least 4 members (excludes halogenated alkanes) is 44. The Hall–Kier alpha value is -1.93. The zero-order chi connectivity index (χ0) is 56.6. The van der Waals surface area contributed by atoms with E-state index in [1.54, 1.807) is 0 Å². The first-order valence-electron chi connectivity index (χ1n) is 34.8. The number of ether oxygens (including phenoxy) is 2. The lowest BCUT2D eigenvalue weighted by atomic mass is 10.0. The van der Waals surface area contributed by atoms with Crippen LogP contribution >= 0.6 is 0 Å². The van der Waals surface area contributed by atoms with Gasteiger partial charge in [0.15, 0.2) is 11.7 Å². The molecule has 0 aliphatic rings. The summed E-state index contributed by atoms with van der Waals surface area (Å²) in [5.74, 6) is 1.85. The Morgan fingerprint density at radius 2 is 0.590 bits per heavy atom. The van der Waals surface area contributed by atoms with Crippen molar-refractivity contribution < 1.29 is 34.1 Å². The van der Waals surface area contributed by atoms with Crippen LogP contribution in [0.15, 0.2) is 5.76 Å². The summed E-state index contributed by atoms with van der Waals surface area (Å²) in [4.78, 5) is 40.0. The Labute approximate surface area is 485 Å². The molecule has 0 aromatic heterocycles. The number of hydrogen-bond acceptors (Lipinski definition) is 8. The Morgan fingerprint density at radius 1 is 0.321 bits per heavy atom. The summed E-state index contributed by atoms with van der Waals surface area (Å²) in [5, 5.41) is 18.6. The van der Waals surface area contributed by atoms with Crippen LogP contribution in [0.4, 0.5) is 0 Å². The van der Waals surface area contributed by atoms with Crippen LogP contribution in [-0.4, -0.2) is 97.0 Å². The van der Waals surface area contributed by atoms with Crippen molar-refractivity contribution in [3.63, 3.8) is 0 Å². The summed E-state index contributed by atoms with van der Waals surface area (Å²) < 4.78 is 11.4. The molecule has 0 unspecified atom stereocenters. The van der Waals surface area contributed by atoms with Crippen molar-refractivity contribution in [2.75, 3.05) is 59.1 Å². The standard InChI is InChI=1S/C69H134N2O7/c1-3-5-7-9-11-13-15-17-18-19-20-21-22-23-24-25-26-28-30-32-43-51-65-78-69(76)56-46-38-35-41-48-58-70(57-47-40-34-37-45-55-68(74)75)60-52-61-71(62-53-63-72)59-49-39-33-36-44-54-67(66-73)77-64-50-42-31-29-27-16-14-12-10-8-6-4-2/h72H,3-65H2,1-2H3,(H,74,75). The highest BCUT2D eigenvalue weighted by atomic mass is 16.5. The van der Waals surface area contributed by atoms with Gasteiger partial charge >= 0.3 is 11.9 Å². The highest BCUT2D eigenvalue weighted by molar-refractivity contribution is 5.69. The minimum atomic E-state index is -0.696. The molecule has 0 aromatic carbocycles. The van der Waals surface area contributed by atoms with Crippen molar-refractivity contribution >= 4 is 17.9 Å². The van der Waals surface area contributed by atoms with E-state index in [1.807, 2.05) is 0 Å². The van der Waals surface area contributed by atoms with E-state index in [-0.39, 0.29) is 19.0 Å². The molecule has 0 rings (SSSR count). The summed E-state index contributed by atoms with van der Waals surface area (Å²) in [6.45, 7) is 12.3. The molecule has 0 aliphatic carbocycles. The molecule has 0 saturated carbocycles. The van der Waals surface area contributed by atoms with Crippen molar-refractivity contribution in [1.29, 1.82) is 0 Å². The number of rotatable bonds is 68. The van der Waals surface area contributed by atoms with E-state index in [0.717, 1.165) is 142 Å². The van der Waals surface area contributed by atoms with Gasteiger partial charge in [0.1, 0.15) is 0 Å². The molecule has 0 aliphatic heterocycles. The van der Waals surface area contributed by atoms with Gasteiger partial charge < -0.3 is 29.5 Å². The predicted molar refractivity (Wildman–Crippen MR) is 334 cm³/mol. The molecule has 0 fully saturated rings. The van der Waals surface area contributed by atoms with Gasteiger partial charge in [-0.05, 0) is 96.9 Å². The highest BCUT2D eigenvalue weighted by Gasteiger charge is 2.10. The molecule has 0 bridgehead atoms. The third-order valence-electron chi connectivity index (χ3n) is 16.3. The average molecular weight is 1100 g/mol. The smallest absolute Gasteiger partial charge is 0.305 e. The molecule has 0 atom stereocenters. The SMILES string of the molecule is CCCCCCCCCCCCCCCCCCCCCCCCOC(=O)CCCCCCCN(CCCCCCCC(=O)O)CCCN(CCCO)CCCCCCCC(=C=O)OCCCCCCCCCCCCCC. The zero-order valence-electron chi connectivity index (χ0n) is 52.4. The van der Waals surface area contributed by atoms with Gasteiger partial charge in [-0.1, -0.05) is 277 Å². The zero-order valence-corrected chi connectivity index (χ0v) is 52.4. The fourth-order valence-electron chi connectivity index (χ4n) is 11.2. The van der Waals surface area contributed by atoms with Crippen LogP contribution in [-0.2, 0) is 23.9 Å². The second-order valence-corrected chi connectivity index (χ2v) is 24.0. The van der Waals surface area contributed by atoms with Crippen molar-refractivity contribution in [2.45, 2.75) is 361 Å². The Balaban J connectivity index is 4.14. The first-order chi connectivity index (χ1) is 38.5. The second-order valence-electron chi connectivity index (χ2n) is 24.0. The minimum absolute atomic E-state index is 0.0243. The molecule has 0 spiro atoms. The Kier molecular flexibility index (Phi) is 64.2. The average Bonchev–Trinajstić information content (AvgIpc) is 3.43. The maximum absolute atomic E-state index is 12.4. The highest BCUT2D eigenvalue weighted by Crippen LogP contribution is 2.18. The fourth-order valence-corrected chi connectivity index (χ4v) is 11.2. The number of hydrogen-bond donors (Lipinski definition) is 2. The summed E-state index contributed by atoms with van der Waals surface area (Å²) in [7, 11) is 0. The first-order valence-corrected chi connectivity index (χ1v) is 34.8. The molecule has 78 heavy (non-hydrogen) atoms. The molecular weight excluding hydrogens is 969 g/mol. The molecule has 0 aromatic rings. The third-order valence-corrected chi connectivity index (χ3v) is 16.3. The lowest BCUT2D eigenvalue weighted by Crippen LogP contribution is -2.33. The monoisotopic (exact) mass is 1100 g/mol. The number of carbonyl (C=O) groups excluding carboxylic acids is 2. The summed E-state index contributed by atoms with van der Waals surface area (Å²) in [5.41, 5.74) is 0. The number of esters is 1. The number of allylic oxidation sites excluding steroid dienone is 1. The lowest BCUT2D eigenvalue weighted by Gasteiger charge is -2.26. The molecule has 2 N–H and O–H groups in total. The van der Waals surface area contributed by atoms with Gasteiger partial charge in [0.2, 0.25) is 0 Å². The molecule has 0 radical (unpaired) electrons. The van der Waals surface area contributed by atoms with Gasteiger partial charge in [0.05, 0.1) is 13.2 Å². The third kappa shape index (κ3) is 61.7. The summed E-state index contributed by atoms with van der Waals surface area (Å²) in [6, 6.07) is 0. The van der Waals surface area contributed by atoms with Crippen LogP contribution < -0.4 is 0 Å². The molecule has 9 heteroatoms. The number of carboxylic acid groups (broad SMARTS) is 1. The maximum Gasteiger partial charge on any atom is 0.305 e. The van der Waals surface area contributed by atoms with Gasteiger partial charge in [-0.3, -0.25) is 9.59 Å². The number of carbonyl (C=O) groups is 2. The van der Waals surface area contributed by atoms with Crippen LogP contribution in [0, 0.1) is 0 Å². The summed E-state index contributed by atoms with van der Waals surface area (Å²) in [6.07, 6.45) is 65.8. The fraction of sp³-hybridized carbons (Fsp3) is 0.942. The quantitative estimate of drug-likeness (QED) is 0.0266. The van der Waals surface area contributed by atoms with Gasteiger partial charge in [-0.25, -0.2) is 4.79 Å². The van der Waals surface area contributed by atoms with Crippen LogP contribution in [0.1, 0.15) is 361 Å². The van der Waals surface area contributed by atoms with Crippen molar-refractivity contribution in [3.05, 3.63) is 5.76 Å². The topological polar surface area (TPSA) is 117 Å². The Morgan fingerprint density at radius 3 is 0.923 bits per heavy atom. The van der Waals surface area contributed by atoms with Crippen LogP contribution in [0.2, 0.25) is 0 Å². The van der Waals surface area contributed by atoms with E-state index in [2.05, 4.69) is 29.6 Å². The molecular formula is C69H134N2O7. The largest absolute Gasteiger partial charge is 0.487 e. The van der Waals surface area contributed by atoms with E-state index in [4.69, 9.17) is 14.6 Å². The molecule has 462 valence electrons. The number of aliphatic hydroxyl groups is 1. The maximum atomic E-state index is 12.4. The van der Waals surface area contributed by atoms with E-state index >= 15 is 0 Å². The minimum Gasteiger partial charge on any atom is -0.487 e. The molecule has 9 nitrogen and oxygen atoms in total. The van der Waals surface area contributed by atoms with Crippen LogP contribution in [0.5, 0.6) is 0 Å². The van der Waals surface area contributed by atoms with E-state index in [0.29, 0.717) is 31.8 Å². The molecule has 0 saturated heterocycles. The molecule has 0 amide bonds. The number of nitrogens with zero attached hydrogens (tertiary/aromatic N) is 2. The number of aliphatic hydroxyl groups excluding tert-OH is 1. The van der Waals surface area contributed by atoms with Gasteiger partial charge in [-0.2, -0.15) is 0 Å². The van der Waals surface area contributed by atoms with E-state index in [1.165, 1.54) is 225 Å². The normalized spacial score (nSPS) is 11.6. The van der Waals surface area contributed by atoms with Crippen molar-refractivity contribution in [2.24, 2.45) is 0 Å². The van der Waals surface area contributed by atoms with E-state index < -0.39 is 5.97 Å².